The van der Waals surface area contributed by atoms with Crippen molar-refractivity contribution < 1.29 is 9.53 Å². The standard InChI is InChI=1S/C20H21N3O2S/c21-9-15-1-5-17(6-2-15)13-26-14-19(24)22-10-18-7-8-20(23-11-18)25-12-16-3-4-16/h1-2,5-8,11,16H,3-4,10,12-14H2,(H,22,24). The van der Waals surface area contributed by atoms with Crippen molar-refractivity contribution in [3.63, 3.8) is 0 Å². The Morgan fingerprint density at radius 2 is 2.00 bits per heavy atom. The van der Waals surface area contributed by atoms with Gasteiger partial charge in [-0.3, -0.25) is 4.79 Å². The van der Waals surface area contributed by atoms with E-state index in [4.69, 9.17) is 10.00 Å². The van der Waals surface area contributed by atoms with Gasteiger partial charge in [-0.1, -0.05) is 18.2 Å². The molecule has 5 nitrogen and oxygen atoms in total. The number of hydrogen-bond donors (Lipinski definition) is 1. The molecule has 1 aliphatic rings. The zero-order chi connectivity index (χ0) is 18.2. The van der Waals surface area contributed by atoms with Crippen molar-refractivity contribution >= 4 is 17.7 Å². The van der Waals surface area contributed by atoms with Crippen LogP contribution in [0.2, 0.25) is 0 Å². The van der Waals surface area contributed by atoms with Gasteiger partial charge in [0.2, 0.25) is 11.8 Å². The molecule has 1 aromatic carbocycles. The predicted molar refractivity (Wildman–Crippen MR) is 102 cm³/mol. The minimum atomic E-state index is -0.00213. The summed E-state index contributed by atoms with van der Waals surface area (Å²) in [6.45, 7) is 1.21. The molecule has 1 aromatic heterocycles. The van der Waals surface area contributed by atoms with E-state index in [9.17, 15) is 4.79 Å². The van der Waals surface area contributed by atoms with Crippen LogP contribution in [0.4, 0.5) is 0 Å². The average Bonchev–Trinajstić information content (AvgIpc) is 3.50. The first-order valence-corrected chi connectivity index (χ1v) is 9.79. The van der Waals surface area contributed by atoms with E-state index in [-0.39, 0.29) is 5.91 Å². The van der Waals surface area contributed by atoms with Crippen molar-refractivity contribution in [2.45, 2.75) is 25.1 Å². The van der Waals surface area contributed by atoms with Crippen molar-refractivity contribution in [3.05, 3.63) is 59.3 Å². The first-order valence-electron chi connectivity index (χ1n) is 8.64. The third-order valence-corrected chi connectivity index (χ3v) is 5.04. The topological polar surface area (TPSA) is 75.0 Å². The largest absolute Gasteiger partial charge is 0.477 e. The van der Waals surface area contributed by atoms with Crippen molar-refractivity contribution in [3.8, 4) is 11.9 Å². The summed E-state index contributed by atoms with van der Waals surface area (Å²) < 4.78 is 5.60. The molecule has 6 heteroatoms. The number of nitrogens with one attached hydrogen (secondary N) is 1. The molecule has 2 aromatic rings. The molecule has 0 atom stereocenters. The van der Waals surface area contributed by atoms with Crippen molar-refractivity contribution in [2.24, 2.45) is 5.92 Å². The summed E-state index contributed by atoms with van der Waals surface area (Å²) >= 11 is 1.55. The molecule has 1 fully saturated rings. The van der Waals surface area contributed by atoms with Crippen LogP contribution in [0.15, 0.2) is 42.6 Å². The second-order valence-electron chi connectivity index (χ2n) is 6.34. The van der Waals surface area contributed by atoms with E-state index in [1.165, 1.54) is 12.8 Å². The molecule has 0 aliphatic heterocycles. The highest BCUT2D eigenvalue weighted by Gasteiger charge is 2.22. The smallest absolute Gasteiger partial charge is 0.230 e. The van der Waals surface area contributed by atoms with Crippen LogP contribution in [0.5, 0.6) is 5.88 Å². The van der Waals surface area contributed by atoms with E-state index >= 15 is 0 Å². The molecule has 0 saturated heterocycles. The Hall–Kier alpha value is -2.52. The van der Waals surface area contributed by atoms with Crippen molar-refractivity contribution in [1.29, 1.82) is 5.26 Å². The lowest BCUT2D eigenvalue weighted by atomic mass is 10.2. The number of hydrogen-bond acceptors (Lipinski definition) is 5. The van der Waals surface area contributed by atoms with Gasteiger partial charge < -0.3 is 10.1 Å². The number of benzene rings is 1. The second-order valence-corrected chi connectivity index (χ2v) is 7.32. The lowest BCUT2D eigenvalue weighted by Crippen LogP contribution is -2.24. The highest BCUT2D eigenvalue weighted by atomic mass is 32.2. The Labute approximate surface area is 157 Å². The molecule has 3 rings (SSSR count). The van der Waals surface area contributed by atoms with Crippen LogP contribution in [0.1, 0.15) is 29.5 Å². The van der Waals surface area contributed by atoms with Gasteiger partial charge in [-0.2, -0.15) is 5.26 Å². The third kappa shape index (κ3) is 6.08. The molecule has 0 bridgehead atoms. The summed E-state index contributed by atoms with van der Waals surface area (Å²) in [5.41, 5.74) is 2.70. The third-order valence-electron chi connectivity index (χ3n) is 4.04. The van der Waals surface area contributed by atoms with Gasteiger partial charge in [-0.25, -0.2) is 4.98 Å². The summed E-state index contributed by atoms with van der Waals surface area (Å²) in [5, 5.41) is 11.7. The van der Waals surface area contributed by atoms with Crippen LogP contribution in [-0.2, 0) is 17.1 Å². The number of nitriles is 1. The lowest BCUT2D eigenvalue weighted by molar-refractivity contribution is -0.118. The molecule has 1 aliphatic carbocycles. The molecule has 0 spiro atoms. The van der Waals surface area contributed by atoms with Crippen LogP contribution in [0, 0.1) is 17.2 Å². The number of ether oxygens (including phenoxy) is 1. The number of nitrogens with zero attached hydrogens (tertiary/aromatic N) is 2. The van der Waals surface area contributed by atoms with Crippen LogP contribution in [0.3, 0.4) is 0 Å². The molecule has 1 saturated carbocycles. The molecule has 1 amide bonds. The number of thioether (sulfide) groups is 1. The molecule has 1 N–H and O–H groups in total. The number of carbonyl (C=O) groups excluding carboxylic acids is 1. The Bertz CT molecular complexity index is 765. The molecule has 1 heterocycles. The summed E-state index contributed by atoms with van der Waals surface area (Å²) in [4.78, 5) is 16.2. The molecular weight excluding hydrogens is 346 g/mol. The van der Waals surface area contributed by atoms with Gasteiger partial charge in [0.25, 0.3) is 0 Å². The molecule has 0 radical (unpaired) electrons. The first kappa shape index (κ1) is 18.3. The monoisotopic (exact) mass is 367 g/mol. The normalized spacial score (nSPS) is 13.0. The Morgan fingerprint density at radius 3 is 2.65 bits per heavy atom. The van der Waals surface area contributed by atoms with Gasteiger partial charge in [-0.15, -0.1) is 11.8 Å². The van der Waals surface area contributed by atoms with E-state index < -0.39 is 0 Å². The van der Waals surface area contributed by atoms with Gasteiger partial charge in [-0.05, 0) is 42.0 Å². The van der Waals surface area contributed by atoms with Gasteiger partial charge in [0.05, 0.1) is 24.0 Å². The number of aromatic nitrogens is 1. The second kappa shape index (κ2) is 9.25. The van der Waals surface area contributed by atoms with Crippen LogP contribution in [-0.4, -0.2) is 23.3 Å². The number of pyridine rings is 1. The highest BCUT2D eigenvalue weighted by molar-refractivity contribution is 7.99. The first-order chi connectivity index (χ1) is 12.7. The Balaban J connectivity index is 1.33. The molecule has 0 unspecified atom stereocenters. The Kier molecular flexibility index (Phi) is 6.50. The van der Waals surface area contributed by atoms with Crippen LogP contribution < -0.4 is 10.1 Å². The van der Waals surface area contributed by atoms with E-state index in [0.29, 0.717) is 29.7 Å². The summed E-state index contributed by atoms with van der Waals surface area (Å²) in [6.07, 6.45) is 4.26. The average molecular weight is 367 g/mol. The van der Waals surface area contributed by atoms with E-state index in [1.807, 2.05) is 24.3 Å². The molecular formula is C20H21N3O2S. The SMILES string of the molecule is N#Cc1ccc(CSCC(=O)NCc2ccc(OCC3CC3)nc2)cc1. The fourth-order valence-corrected chi connectivity index (χ4v) is 3.10. The van der Waals surface area contributed by atoms with Crippen molar-refractivity contribution in [1.82, 2.24) is 10.3 Å². The summed E-state index contributed by atoms with van der Waals surface area (Å²) in [6, 6.07) is 13.3. The van der Waals surface area contributed by atoms with Crippen molar-refractivity contribution in [2.75, 3.05) is 12.4 Å². The van der Waals surface area contributed by atoms with Gasteiger partial charge in [0, 0.05) is 24.6 Å². The number of carbonyl (C=O) groups is 1. The zero-order valence-electron chi connectivity index (χ0n) is 14.5. The highest BCUT2D eigenvalue weighted by Crippen LogP contribution is 2.29. The molecule has 26 heavy (non-hydrogen) atoms. The van der Waals surface area contributed by atoms with E-state index in [0.717, 1.165) is 23.5 Å². The maximum absolute atomic E-state index is 11.9. The summed E-state index contributed by atoms with van der Waals surface area (Å²) in [7, 11) is 0. The summed E-state index contributed by atoms with van der Waals surface area (Å²) in [5.74, 6) is 2.49. The minimum Gasteiger partial charge on any atom is -0.477 e. The maximum atomic E-state index is 11.9. The Morgan fingerprint density at radius 1 is 1.23 bits per heavy atom. The number of amides is 1. The number of rotatable bonds is 9. The van der Waals surface area contributed by atoms with E-state index in [2.05, 4.69) is 16.4 Å². The minimum absolute atomic E-state index is 0.00213. The van der Waals surface area contributed by atoms with Gasteiger partial charge >= 0.3 is 0 Å². The van der Waals surface area contributed by atoms with Crippen LogP contribution >= 0.6 is 11.8 Å². The fraction of sp³-hybridized carbons (Fsp3) is 0.350. The predicted octanol–water partition coefficient (Wildman–Crippen LogP) is 3.29. The molecule has 134 valence electrons. The van der Waals surface area contributed by atoms with E-state index in [1.54, 1.807) is 30.1 Å². The van der Waals surface area contributed by atoms with Gasteiger partial charge in [0.15, 0.2) is 0 Å². The zero-order valence-corrected chi connectivity index (χ0v) is 15.3. The fourth-order valence-electron chi connectivity index (χ4n) is 2.28. The quantitative estimate of drug-likeness (QED) is 0.736. The van der Waals surface area contributed by atoms with Crippen LogP contribution in [0.25, 0.3) is 0 Å². The maximum Gasteiger partial charge on any atom is 0.230 e. The lowest BCUT2D eigenvalue weighted by Gasteiger charge is -2.07. The van der Waals surface area contributed by atoms with Gasteiger partial charge in [0.1, 0.15) is 0 Å².